The standard InChI is InChI=1S/C8H15BO2/c1-3-8-4-10-6(5(8)2)7(9)11-8/h5-7H,3-4,9H2,1-2H3/t5?,6?,7-,8+/m1/s1. The smallest absolute Gasteiger partial charge is 0.142 e. The molecule has 0 saturated carbocycles. The fourth-order valence-corrected chi connectivity index (χ4v) is 2.44. The lowest BCUT2D eigenvalue weighted by Gasteiger charge is -2.29. The van der Waals surface area contributed by atoms with Crippen molar-refractivity contribution in [2.24, 2.45) is 5.92 Å². The van der Waals surface area contributed by atoms with E-state index in [1.807, 2.05) is 0 Å². The number of hydrogen-bond acceptors (Lipinski definition) is 2. The van der Waals surface area contributed by atoms with Crippen molar-refractivity contribution in [3.63, 3.8) is 0 Å². The van der Waals surface area contributed by atoms with Crippen LogP contribution in [-0.2, 0) is 9.47 Å². The van der Waals surface area contributed by atoms with Crippen LogP contribution in [0.4, 0.5) is 0 Å². The largest absolute Gasteiger partial charge is 0.375 e. The molecule has 11 heavy (non-hydrogen) atoms. The van der Waals surface area contributed by atoms with Crippen LogP contribution < -0.4 is 0 Å². The summed E-state index contributed by atoms with van der Waals surface area (Å²) in [6, 6.07) is 0.304. The van der Waals surface area contributed by atoms with Gasteiger partial charge in [0.05, 0.1) is 24.3 Å². The molecule has 2 bridgehead atoms. The van der Waals surface area contributed by atoms with E-state index in [4.69, 9.17) is 9.47 Å². The Bertz CT molecular complexity index is 173. The van der Waals surface area contributed by atoms with E-state index >= 15 is 0 Å². The third kappa shape index (κ3) is 0.813. The Hall–Kier alpha value is -0.0151. The topological polar surface area (TPSA) is 18.5 Å². The van der Waals surface area contributed by atoms with Crippen molar-refractivity contribution in [3.05, 3.63) is 0 Å². The lowest BCUT2D eigenvalue weighted by atomic mass is 9.85. The van der Waals surface area contributed by atoms with Crippen molar-refractivity contribution in [3.8, 4) is 0 Å². The van der Waals surface area contributed by atoms with E-state index in [1.165, 1.54) is 0 Å². The summed E-state index contributed by atoms with van der Waals surface area (Å²) in [7, 11) is 2.11. The molecule has 2 rings (SSSR count). The Balaban J connectivity index is 2.24. The first kappa shape index (κ1) is 7.62. The van der Waals surface area contributed by atoms with Crippen LogP contribution in [0.15, 0.2) is 0 Å². The van der Waals surface area contributed by atoms with E-state index in [9.17, 15) is 0 Å². The lowest BCUT2D eigenvalue weighted by molar-refractivity contribution is -0.115. The minimum atomic E-state index is 0.0596. The van der Waals surface area contributed by atoms with Gasteiger partial charge < -0.3 is 9.47 Å². The lowest BCUT2D eigenvalue weighted by Crippen LogP contribution is -2.37. The van der Waals surface area contributed by atoms with Gasteiger partial charge in [-0.2, -0.15) is 0 Å². The van der Waals surface area contributed by atoms with E-state index in [0.29, 0.717) is 18.0 Å². The van der Waals surface area contributed by atoms with E-state index < -0.39 is 0 Å². The highest BCUT2D eigenvalue weighted by Crippen LogP contribution is 2.45. The first-order valence-electron chi connectivity index (χ1n) is 4.49. The normalized spacial score (nSPS) is 55.3. The highest BCUT2D eigenvalue weighted by molar-refractivity contribution is 6.11. The Morgan fingerprint density at radius 1 is 1.64 bits per heavy atom. The van der Waals surface area contributed by atoms with Crippen molar-refractivity contribution in [1.29, 1.82) is 0 Å². The van der Waals surface area contributed by atoms with Gasteiger partial charge in [0.1, 0.15) is 7.85 Å². The highest BCUT2D eigenvalue weighted by atomic mass is 16.6. The van der Waals surface area contributed by atoms with Crippen molar-refractivity contribution in [2.75, 3.05) is 6.61 Å². The molecule has 2 unspecified atom stereocenters. The fraction of sp³-hybridized carbons (Fsp3) is 1.00. The van der Waals surface area contributed by atoms with Crippen LogP contribution in [0.2, 0.25) is 0 Å². The summed E-state index contributed by atoms with van der Waals surface area (Å²) < 4.78 is 11.5. The van der Waals surface area contributed by atoms with Gasteiger partial charge in [-0.1, -0.05) is 13.8 Å². The molecule has 4 atom stereocenters. The predicted octanol–water partition coefficient (Wildman–Crippen LogP) is 0.159. The van der Waals surface area contributed by atoms with Gasteiger partial charge in [0.25, 0.3) is 0 Å². The molecule has 0 amide bonds. The predicted molar refractivity (Wildman–Crippen MR) is 45.3 cm³/mol. The Kier molecular flexibility index (Phi) is 1.55. The van der Waals surface area contributed by atoms with Crippen molar-refractivity contribution >= 4 is 7.85 Å². The van der Waals surface area contributed by atoms with E-state index in [-0.39, 0.29) is 5.60 Å². The third-order valence-electron chi connectivity index (χ3n) is 3.32. The molecule has 2 aliphatic rings. The van der Waals surface area contributed by atoms with Gasteiger partial charge in [-0.25, -0.2) is 0 Å². The summed E-state index contributed by atoms with van der Waals surface area (Å²) in [5.74, 6) is 0.586. The second-order valence-electron chi connectivity index (χ2n) is 3.81. The van der Waals surface area contributed by atoms with Crippen molar-refractivity contribution in [1.82, 2.24) is 0 Å². The average molecular weight is 154 g/mol. The second-order valence-corrected chi connectivity index (χ2v) is 3.81. The maximum absolute atomic E-state index is 5.88. The van der Waals surface area contributed by atoms with E-state index in [1.54, 1.807) is 0 Å². The van der Waals surface area contributed by atoms with Gasteiger partial charge in [-0.05, 0) is 6.42 Å². The molecular formula is C8H15BO2. The van der Waals surface area contributed by atoms with Crippen LogP contribution in [0.25, 0.3) is 0 Å². The molecular weight excluding hydrogens is 139 g/mol. The Labute approximate surface area is 68.7 Å². The molecule has 62 valence electrons. The Morgan fingerprint density at radius 3 is 2.64 bits per heavy atom. The molecule has 0 radical (unpaired) electrons. The molecule has 2 heterocycles. The highest BCUT2D eigenvalue weighted by Gasteiger charge is 2.56. The molecule has 2 nitrogen and oxygen atoms in total. The van der Waals surface area contributed by atoms with Crippen LogP contribution in [0.1, 0.15) is 20.3 Å². The Morgan fingerprint density at radius 2 is 2.36 bits per heavy atom. The summed E-state index contributed by atoms with van der Waals surface area (Å²) in [6.07, 6.45) is 1.43. The summed E-state index contributed by atoms with van der Waals surface area (Å²) in [5.41, 5.74) is 0.0596. The van der Waals surface area contributed by atoms with Crippen LogP contribution in [0, 0.1) is 5.92 Å². The van der Waals surface area contributed by atoms with Crippen molar-refractivity contribution < 1.29 is 9.47 Å². The van der Waals surface area contributed by atoms with Gasteiger partial charge >= 0.3 is 0 Å². The number of fused-ring (bicyclic) bond motifs is 2. The maximum atomic E-state index is 5.88. The molecule has 0 spiro atoms. The van der Waals surface area contributed by atoms with Crippen LogP contribution >= 0.6 is 0 Å². The molecule has 0 aromatic rings. The summed E-state index contributed by atoms with van der Waals surface area (Å²) in [5, 5.41) is 0. The number of hydrogen-bond donors (Lipinski definition) is 0. The summed E-state index contributed by atoms with van der Waals surface area (Å²) in [4.78, 5) is 0. The summed E-state index contributed by atoms with van der Waals surface area (Å²) in [6.45, 7) is 5.23. The zero-order valence-corrected chi connectivity index (χ0v) is 7.46. The molecule has 2 fully saturated rings. The molecule has 0 aliphatic carbocycles. The monoisotopic (exact) mass is 154 g/mol. The molecule has 2 saturated heterocycles. The second kappa shape index (κ2) is 2.24. The zero-order valence-electron chi connectivity index (χ0n) is 7.46. The fourth-order valence-electron chi connectivity index (χ4n) is 2.44. The quantitative estimate of drug-likeness (QED) is 0.501. The SMILES string of the molecule is B[C@@H]1O[C@@]2(CC)COC1C2C. The average Bonchev–Trinajstić information content (AvgIpc) is 2.42. The molecule has 3 heteroatoms. The first-order chi connectivity index (χ1) is 5.19. The van der Waals surface area contributed by atoms with E-state index in [2.05, 4.69) is 21.7 Å². The van der Waals surface area contributed by atoms with Gasteiger partial charge in [0.2, 0.25) is 0 Å². The van der Waals surface area contributed by atoms with Gasteiger partial charge in [0, 0.05) is 5.92 Å². The van der Waals surface area contributed by atoms with Crippen LogP contribution in [0.3, 0.4) is 0 Å². The number of rotatable bonds is 1. The van der Waals surface area contributed by atoms with E-state index in [0.717, 1.165) is 13.0 Å². The minimum Gasteiger partial charge on any atom is -0.375 e. The molecule has 2 aliphatic heterocycles. The number of ether oxygens (including phenoxy) is 2. The molecule has 0 aromatic heterocycles. The van der Waals surface area contributed by atoms with Gasteiger partial charge in [-0.15, -0.1) is 0 Å². The zero-order chi connectivity index (χ0) is 8.06. The van der Waals surface area contributed by atoms with Crippen LogP contribution in [0.5, 0.6) is 0 Å². The van der Waals surface area contributed by atoms with Gasteiger partial charge in [0.15, 0.2) is 0 Å². The minimum absolute atomic E-state index is 0.0596. The first-order valence-corrected chi connectivity index (χ1v) is 4.49. The molecule has 0 N–H and O–H groups in total. The maximum Gasteiger partial charge on any atom is 0.142 e. The third-order valence-corrected chi connectivity index (χ3v) is 3.32. The van der Waals surface area contributed by atoms with Gasteiger partial charge in [-0.3, -0.25) is 0 Å². The summed E-state index contributed by atoms with van der Waals surface area (Å²) >= 11 is 0. The van der Waals surface area contributed by atoms with Crippen LogP contribution in [-0.4, -0.2) is 32.2 Å². The van der Waals surface area contributed by atoms with Crippen molar-refractivity contribution in [2.45, 2.75) is 38.0 Å². The molecule has 0 aromatic carbocycles.